The fourth-order valence-corrected chi connectivity index (χ4v) is 5.83. The van der Waals surface area contributed by atoms with E-state index in [1.165, 1.54) is 29.7 Å². The number of imide groups is 1. The molecule has 5 N–H and O–H groups in total. The van der Waals surface area contributed by atoms with Crippen LogP contribution in [-0.4, -0.2) is 29.5 Å². The van der Waals surface area contributed by atoms with Gasteiger partial charge >= 0.3 is 12.1 Å². The van der Waals surface area contributed by atoms with Gasteiger partial charge in [0.2, 0.25) is 13.3 Å². The largest absolute Gasteiger partial charge is 0.351 e. The average molecular weight is 507 g/mol. The molecule has 3 aromatic rings. The van der Waals surface area contributed by atoms with Gasteiger partial charge in [-0.2, -0.15) is 0 Å². The summed E-state index contributed by atoms with van der Waals surface area (Å²) in [5.74, 6) is -0.734. The number of halogens is 1. The Balaban J connectivity index is 2.07. The van der Waals surface area contributed by atoms with Crippen LogP contribution in [-0.2, 0) is 9.36 Å². The zero-order valence-corrected chi connectivity index (χ0v) is 19.8. The molecule has 2 aromatic carbocycles. The van der Waals surface area contributed by atoms with E-state index in [1.54, 1.807) is 35.7 Å². The van der Waals surface area contributed by atoms with Crippen LogP contribution >= 0.6 is 30.3 Å². The van der Waals surface area contributed by atoms with Gasteiger partial charge in [0.05, 0.1) is 11.4 Å². The second-order valence-electron chi connectivity index (χ2n) is 7.03. The third-order valence-electron chi connectivity index (χ3n) is 4.64. The van der Waals surface area contributed by atoms with Crippen molar-refractivity contribution in [2.45, 2.75) is 5.66 Å². The van der Waals surface area contributed by atoms with Crippen LogP contribution < -0.4 is 21.3 Å². The van der Waals surface area contributed by atoms with Crippen LogP contribution in [0.4, 0.5) is 21.0 Å². The fourth-order valence-electron chi connectivity index (χ4n) is 3.32. The minimum Gasteiger partial charge on any atom is -0.351 e. The zero-order valence-electron chi connectivity index (χ0n) is 17.3. The number of urea groups is 2. The molecule has 0 aliphatic rings. The summed E-state index contributed by atoms with van der Waals surface area (Å²) in [4.78, 5) is 48.2. The zero-order chi connectivity index (χ0) is 24.3. The number of rotatable bonds is 6. The number of nitrogens with one attached hydrogen (secondary N) is 2. The third-order valence-corrected chi connectivity index (χ3v) is 7.32. The van der Waals surface area contributed by atoms with Gasteiger partial charge in [-0.25, -0.2) is 9.59 Å². The lowest BCUT2D eigenvalue weighted by atomic mass is 10.1. The van der Waals surface area contributed by atoms with Gasteiger partial charge < -0.3 is 15.9 Å². The van der Waals surface area contributed by atoms with Crippen molar-refractivity contribution in [2.24, 2.45) is 5.73 Å². The van der Waals surface area contributed by atoms with Gasteiger partial charge in [-0.1, -0.05) is 30.3 Å². The Morgan fingerprint density at radius 1 is 1.27 bits per heavy atom. The Hall–Kier alpha value is -3.17. The van der Waals surface area contributed by atoms with E-state index in [2.05, 4.69) is 11.9 Å². The summed E-state index contributed by atoms with van der Waals surface area (Å²) in [6, 6.07) is 9.33. The minimum atomic E-state index is -4.03. The van der Waals surface area contributed by atoms with Gasteiger partial charge in [0, 0.05) is 22.6 Å². The molecular weight excluding hydrogens is 487 g/mol. The van der Waals surface area contributed by atoms with Crippen molar-refractivity contribution < 1.29 is 23.8 Å². The number of benzene rings is 2. The first-order chi connectivity index (χ1) is 15.5. The van der Waals surface area contributed by atoms with Crippen molar-refractivity contribution in [3.8, 4) is 0 Å². The number of anilines is 2. The minimum absolute atomic E-state index is 0.144. The van der Waals surface area contributed by atoms with E-state index in [4.69, 9.17) is 17.3 Å². The van der Waals surface area contributed by atoms with Gasteiger partial charge in [-0.3, -0.25) is 19.6 Å². The van der Waals surface area contributed by atoms with E-state index in [9.17, 15) is 23.8 Å². The molecule has 1 aromatic heterocycles. The number of nitrogens with zero attached hydrogens (tertiary/aromatic N) is 1. The van der Waals surface area contributed by atoms with Crippen molar-refractivity contribution >= 4 is 69.7 Å². The molecule has 0 saturated heterocycles. The smallest absolute Gasteiger partial charge is 0.327 e. The predicted molar refractivity (Wildman–Crippen MR) is 131 cm³/mol. The molecule has 0 fully saturated rings. The quantitative estimate of drug-likeness (QED) is 0.353. The van der Waals surface area contributed by atoms with Gasteiger partial charge in [0.15, 0.2) is 0 Å². The monoisotopic (exact) mass is 506 g/mol. The number of nitrogens with two attached hydrogens (primary N) is 1. The maximum absolute atomic E-state index is 13.7. The second kappa shape index (κ2) is 9.76. The summed E-state index contributed by atoms with van der Waals surface area (Å²) in [5, 5.41) is 6.96. The van der Waals surface area contributed by atoms with Gasteiger partial charge in [0.25, 0.3) is 0 Å². The van der Waals surface area contributed by atoms with Gasteiger partial charge in [-0.15, -0.1) is 11.3 Å². The first-order valence-electron chi connectivity index (χ1n) is 9.41. The standard InChI is InChI=1S/C21H20ClN4O5PS/c1-3-26(16-7-5-4-6-15(16)24-21(29)25-20(23)28)19(27)18(32(2,30)31)14-11-33-17-9-8-12(22)10-13(14)17/h3-11,18H,1H2,2H3,(H,30,31)(H4,23,24,25,28,29). The highest BCUT2D eigenvalue weighted by molar-refractivity contribution is 7.58. The molecule has 0 spiro atoms. The number of thiophene rings is 1. The Morgan fingerprint density at radius 3 is 2.61 bits per heavy atom. The molecule has 0 saturated carbocycles. The lowest BCUT2D eigenvalue weighted by Gasteiger charge is -2.27. The van der Waals surface area contributed by atoms with Gasteiger partial charge in [0.1, 0.15) is 5.66 Å². The number of fused-ring (bicyclic) bond motifs is 1. The number of para-hydroxylation sites is 2. The SMILES string of the molecule is C=CN(C(=O)C(c1csc2ccc(Cl)cc12)P(C)(=O)O)c1ccccc1NC(=O)NC(N)=O. The van der Waals surface area contributed by atoms with Crippen LogP contribution in [0, 0.1) is 0 Å². The van der Waals surface area contributed by atoms with Crippen LogP contribution in [0.15, 0.2) is 60.6 Å². The van der Waals surface area contributed by atoms with E-state index in [0.29, 0.717) is 16.0 Å². The molecule has 0 aliphatic heterocycles. The molecule has 0 radical (unpaired) electrons. The Labute approximate surface area is 198 Å². The summed E-state index contributed by atoms with van der Waals surface area (Å²) in [6.45, 7) is 4.77. The van der Waals surface area contributed by atoms with E-state index in [-0.39, 0.29) is 11.4 Å². The average Bonchev–Trinajstić information content (AvgIpc) is 3.11. The first-order valence-corrected chi connectivity index (χ1v) is 12.8. The number of hydrogen-bond donors (Lipinski definition) is 4. The Morgan fingerprint density at radius 2 is 1.97 bits per heavy atom. The molecule has 1 heterocycles. The number of carbonyl (C=O) groups excluding carboxylic acids is 3. The highest BCUT2D eigenvalue weighted by Crippen LogP contribution is 2.56. The van der Waals surface area contributed by atoms with Crippen molar-refractivity contribution in [3.63, 3.8) is 0 Å². The van der Waals surface area contributed by atoms with Crippen molar-refractivity contribution in [1.82, 2.24) is 5.32 Å². The highest BCUT2D eigenvalue weighted by atomic mass is 35.5. The maximum atomic E-state index is 13.7. The molecule has 3 rings (SSSR count). The summed E-state index contributed by atoms with van der Waals surface area (Å²) in [6.07, 6.45) is 1.18. The Bertz CT molecular complexity index is 1300. The molecule has 9 nitrogen and oxygen atoms in total. The van der Waals surface area contributed by atoms with E-state index < -0.39 is 31.0 Å². The Kier molecular flexibility index (Phi) is 7.24. The molecule has 2 atom stereocenters. The summed E-state index contributed by atoms with van der Waals surface area (Å²) >= 11 is 7.44. The lowest BCUT2D eigenvalue weighted by Crippen LogP contribution is -2.38. The van der Waals surface area contributed by atoms with Crippen molar-refractivity contribution in [2.75, 3.05) is 16.9 Å². The molecule has 172 valence electrons. The molecule has 5 amide bonds. The lowest BCUT2D eigenvalue weighted by molar-refractivity contribution is -0.117. The van der Waals surface area contributed by atoms with Crippen molar-refractivity contribution in [3.05, 3.63) is 71.2 Å². The number of hydrogen-bond acceptors (Lipinski definition) is 5. The van der Waals surface area contributed by atoms with E-state index in [1.807, 2.05) is 5.32 Å². The topological polar surface area (TPSA) is 142 Å². The molecular formula is C21H20ClN4O5PS. The van der Waals surface area contributed by atoms with Crippen LogP contribution in [0.1, 0.15) is 11.2 Å². The normalized spacial score (nSPS) is 13.5. The number of amides is 5. The predicted octanol–water partition coefficient (Wildman–Crippen LogP) is 4.87. The van der Waals surface area contributed by atoms with E-state index >= 15 is 0 Å². The maximum Gasteiger partial charge on any atom is 0.327 e. The van der Waals surface area contributed by atoms with Crippen LogP contribution in [0.25, 0.3) is 10.1 Å². The van der Waals surface area contributed by atoms with Gasteiger partial charge in [-0.05, 0) is 46.7 Å². The fraction of sp³-hybridized carbons (Fsp3) is 0.0952. The van der Waals surface area contributed by atoms with Crippen LogP contribution in [0.3, 0.4) is 0 Å². The molecule has 0 aliphatic carbocycles. The van der Waals surface area contributed by atoms with Crippen LogP contribution in [0.5, 0.6) is 0 Å². The number of primary amides is 1. The summed E-state index contributed by atoms with van der Waals surface area (Å²) < 4.78 is 13.7. The molecule has 2 unspecified atom stereocenters. The van der Waals surface area contributed by atoms with Crippen molar-refractivity contribution in [1.29, 1.82) is 0 Å². The first kappa shape index (κ1) is 24.5. The summed E-state index contributed by atoms with van der Waals surface area (Å²) in [7, 11) is -4.03. The molecule has 0 bridgehead atoms. The summed E-state index contributed by atoms with van der Waals surface area (Å²) in [5.41, 5.74) is 4.22. The molecule has 12 heteroatoms. The van der Waals surface area contributed by atoms with Crippen LogP contribution in [0.2, 0.25) is 5.02 Å². The molecule has 33 heavy (non-hydrogen) atoms. The highest BCUT2D eigenvalue weighted by Gasteiger charge is 2.39. The third kappa shape index (κ3) is 5.43. The second-order valence-corrected chi connectivity index (χ2v) is 10.8. The number of carbonyl (C=O) groups is 3. The van der Waals surface area contributed by atoms with E-state index in [0.717, 1.165) is 16.3 Å².